The van der Waals surface area contributed by atoms with Crippen LogP contribution in [-0.4, -0.2) is 333 Å². The normalized spacial score (nSPS) is 38.8. The Morgan fingerprint density at radius 1 is 0.418 bits per heavy atom. The third-order valence-corrected chi connectivity index (χ3v) is 16.1. The number of ether oxygens (including phenoxy) is 10. The van der Waals surface area contributed by atoms with E-state index in [2.05, 4.69) is 26.0 Å². The molecule has 0 spiro atoms. The van der Waals surface area contributed by atoms with Crippen LogP contribution in [0.2, 0.25) is 0 Å². The zero-order chi connectivity index (χ0) is 69.2. The summed E-state index contributed by atoms with van der Waals surface area (Å²) in [6, 6.07) is -8.08. The van der Waals surface area contributed by atoms with E-state index in [9.17, 15) is 145 Å². The molecule has 0 aromatic heterocycles. The summed E-state index contributed by atoms with van der Waals surface area (Å²) in [6.07, 6.45) is -62.7. The van der Waals surface area contributed by atoms with Crippen LogP contribution in [0.25, 0.3) is 0 Å². The fourth-order valence-corrected chi connectivity index (χ4v) is 12.5. The molecule has 5 saturated heterocycles. The van der Waals surface area contributed by atoms with Gasteiger partial charge in [0, 0.05) is 7.11 Å². The third-order valence-electron chi connectivity index (χ3n) is 12.4. The van der Waals surface area contributed by atoms with Crippen molar-refractivity contribution in [3.8, 4) is 0 Å². The molecule has 0 aromatic carbocycles. The van der Waals surface area contributed by atoms with Crippen LogP contribution in [0, 0.1) is 0 Å². The molecule has 0 aromatic rings. The van der Waals surface area contributed by atoms with Gasteiger partial charge >= 0.3 is 95.8 Å². The van der Waals surface area contributed by atoms with Crippen LogP contribution in [0.1, 0.15) is 0 Å². The summed E-state index contributed by atoms with van der Waals surface area (Å²) in [6.45, 7) is -4.74. The van der Waals surface area contributed by atoms with Crippen molar-refractivity contribution in [1.82, 2.24) is 14.2 Å². The number of aliphatic hydroxyl groups is 6. The van der Waals surface area contributed by atoms with Gasteiger partial charge in [-0.15, -0.1) is 4.33 Å². The molecule has 0 saturated carbocycles. The van der Waals surface area contributed by atoms with Crippen LogP contribution in [0.5, 0.6) is 0 Å². The molecule has 534 valence electrons. The molecule has 60 heteroatoms. The van der Waals surface area contributed by atoms with E-state index in [1.807, 2.05) is 0 Å². The second-order valence-electron chi connectivity index (χ2n) is 18.6. The molecule has 52 nitrogen and oxygen atoms in total. The van der Waals surface area contributed by atoms with Crippen LogP contribution < -0.4 is 14.2 Å². The minimum Gasteiger partial charge on any atom is -0.479 e. The van der Waals surface area contributed by atoms with Gasteiger partial charge in [0.25, 0.3) is 0 Å². The number of hydrogen-bond donors (Lipinski definition) is 19. The maximum atomic E-state index is 13.0. The Labute approximate surface area is 511 Å². The van der Waals surface area contributed by atoms with Crippen molar-refractivity contribution in [3.63, 3.8) is 0 Å². The van der Waals surface area contributed by atoms with Gasteiger partial charge in [0.15, 0.2) is 49.8 Å². The van der Waals surface area contributed by atoms with E-state index in [1.165, 1.54) is 9.44 Å². The molecule has 0 amide bonds. The van der Waals surface area contributed by atoms with Crippen LogP contribution in [0.15, 0.2) is 0 Å². The zero-order valence-corrected chi connectivity index (χ0v) is 50.5. The Hall–Kier alpha value is -2.58. The first-order chi connectivity index (χ1) is 41.4. The van der Waals surface area contributed by atoms with E-state index in [-0.39, 0.29) is 0 Å². The van der Waals surface area contributed by atoms with Crippen molar-refractivity contribution in [2.45, 2.75) is 153 Å². The molecule has 5 aliphatic rings. The van der Waals surface area contributed by atoms with E-state index in [1.54, 1.807) is 0 Å². The van der Waals surface area contributed by atoms with Gasteiger partial charge in [-0.2, -0.15) is 77.3 Å². The smallest absolute Gasteiger partial charge is 0.397 e. The van der Waals surface area contributed by atoms with Crippen molar-refractivity contribution in [3.05, 3.63) is 0 Å². The van der Waals surface area contributed by atoms with Crippen LogP contribution in [0.4, 0.5) is 0 Å². The Morgan fingerprint density at radius 3 is 1.26 bits per heavy atom. The minimum absolute atomic E-state index is 0.739. The second kappa shape index (κ2) is 30.9. The second-order valence-corrected chi connectivity index (χ2v) is 27.0. The Bertz CT molecular complexity index is 3360. The lowest BCUT2D eigenvalue weighted by molar-refractivity contribution is -0.374. The molecule has 0 radical (unpaired) electrons. The maximum absolute atomic E-state index is 13.0. The molecule has 19 N–H and O–H groups in total. The lowest BCUT2D eigenvalue weighted by Gasteiger charge is -2.50. The minimum atomic E-state index is -6.34. The molecular weight excluding hydrogens is 1450 g/mol. The number of nitrogens with one attached hydrogen (secondary N) is 3. The summed E-state index contributed by atoms with van der Waals surface area (Å²) in [4.78, 5) is 30.2. The molecule has 5 heterocycles. The van der Waals surface area contributed by atoms with Crippen molar-refractivity contribution >= 4 is 95.8 Å². The molecule has 5 aliphatic heterocycles. The molecule has 5 rings (SSSR count). The van der Waals surface area contributed by atoms with Crippen molar-refractivity contribution in [2.24, 2.45) is 0 Å². The predicted octanol–water partition coefficient (Wildman–Crippen LogP) is -13.5. The molecule has 5 fully saturated rings. The van der Waals surface area contributed by atoms with Gasteiger partial charge < -0.3 is 88.2 Å². The number of hydrogen-bond acceptors (Lipinski definition) is 39. The highest BCUT2D eigenvalue weighted by Gasteiger charge is 2.61. The Morgan fingerprint density at radius 2 is 0.813 bits per heavy atom. The standard InChI is InChI=1S/C31H53N3O49S8/c1-68-27-9(33-86(50,51)52)13(37)17(6(73-27)3-70-88(56,57)58)75-31-22(82-91(65,66)67)16(40)21(24(80-31)26(43)44)78-29-10(34-87(53,54)55)19(81-90(62,63)64)18(7(74-29)4-71-89(59,60)61)76-30-15(39)14(38)20(23(79-30)25(41)42)77-28-8(32-85(47,48)49)12(36)11(35)5(72-28)2-69-83-84(45)46/h5-24,27-40H,2-4H2,1H3,(H,41,42)(H,43,44)(H,45,46)(H,47,48,49)(H,50,51,52)(H,53,54,55)(H,56,57,58)(H,59,60,61)(H,62,63,64)(H,65,66,67)/t5-,6-,7?,8?,9?,10-,11-,12?,13?,14?,15?,16-,17-,18+,19?,20+,21-,22?,23+,24?,27+,28-,29+,30+,31-/m1/s1. The van der Waals surface area contributed by atoms with E-state index < -0.39 is 269 Å². The monoisotopic (exact) mass is 1510 g/mol. The van der Waals surface area contributed by atoms with Gasteiger partial charge in [-0.25, -0.2) is 31.2 Å². The number of aliphatic hydroxyl groups excluding tert-OH is 6. The summed E-state index contributed by atoms with van der Waals surface area (Å²) in [5.74, 6) is -4.87. The quantitative estimate of drug-likeness (QED) is 0.0133. The highest BCUT2D eigenvalue weighted by Crippen LogP contribution is 2.39. The van der Waals surface area contributed by atoms with Crippen LogP contribution >= 0.6 is 0 Å². The molecule has 91 heavy (non-hydrogen) atoms. The number of carboxylic acids is 2. The van der Waals surface area contributed by atoms with Gasteiger partial charge in [0.1, 0.15) is 110 Å². The van der Waals surface area contributed by atoms with Crippen LogP contribution in [-0.2, 0) is 167 Å². The van der Waals surface area contributed by atoms with Crippen molar-refractivity contribution in [1.29, 1.82) is 0 Å². The Balaban J connectivity index is 1.59. The van der Waals surface area contributed by atoms with E-state index in [0.29, 0.717) is 0 Å². The fourth-order valence-electron chi connectivity index (χ4n) is 8.97. The number of aliphatic carboxylic acids is 2. The Kier molecular flexibility index (Phi) is 26.8. The average Bonchev–Trinajstić information content (AvgIpc) is 0.768. The third kappa shape index (κ3) is 23.0. The zero-order valence-electron chi connectivity index (χ0n) is 43.9. The molecular formula is C31H53N3O49S8. The van der Waals surface area contributed by atoms with Gasteiger partial charge in [0.05, 0.1) is 13.2 Å². The predicted molar refractivity (Wildman–Crippen MR) is 262 cm³/mol. The number of carboxylic acid groups (broad SMARTS) is 2. The summed E-state index contributed by atoms with van der Waals surface area (Å²) in [5, 5.41) is 88.0. The maximum Gasteiger partial charge on any atom is 0.397 e. The highest BCUT2D eigenvalue weighted by atomic mass is 32.3. The molecule has 11 unspecified atom stereocenters. The lowest BCUT2D eigenvalue weighted by atomic mass is 9.94. The van der Waals surface area contributed by atoms with Gasteiger partial charge in [-0.1, -0.05) is 0 Å². The summed E-state index contributed by atoms with van der Waals surface area (Å²) < 4.78 is 335. The van der Waals surface area contributed by atoms with Gasteiger partial charge in [-0.05, 0) is 0 Å². The number of carbonyl (C=O) groups is 2. The first-order valence-electron chi connectivity index (χ1n) is 23.5. The highest BCUT2D eigenvalue weighted by molar-refractivity contribution is 7.84. The van der Waals surface area contributed by atoms with E-state index >= 15 is 0 Å². The molecule has 26 atom stereocenters. The van der Waals surface area contributed by atoms with Crippen LogP contribution in [0.3, 0.4) is 0 Å². The van der Waals surface area contributed by atoms with Crippen molar-refractivity contribution < 1.29 is 223 Å². The summed E-state index contributed by atoms with van der Waals surface area (Å²) in [5.41, 5.74) is 0. The first kappa shape index (κ1) is 79.1. The molecule has 0 aliphatic carbocycles. The average molecular weight is 1510 g/mol. The van der Waals surface area contributed by atoms with Crippen molar-refractivity contribution in [2.75, 3.05) is 26.9 Å². The number of methoxy groups -OCH3 is 1. The van der Waals surface area contributed by atoms with Gasteiger partial charge in [-0.3, -0.25) is 36.4 Å². The van der Waals surface area contributed by atoms with E-state index in [0.717, 1.165) is 11.8 Å². The SMILES string of the molecule is CO[C@H]1O[C@H](COS(=O)(=O)O)[C@@H](O[C@@H]2OC(C(=O)O)[C@H](O[C@@H]3OC(COS(=O)(=O)O)[C@H](O[C@H]4O[C@H](C(=O)O)[C@@H](O[C@H]5O[C@H](COOS(=O)O)[C@@H](O)C(O)C5NS(=O)(=O)O)C(O)C4O)C(OS(=O)(=O)O)[C@H]3NS(=O)(=O)O)[C@@H](O)C2OS(=O)(=O)O)C(O)C1NS(=O)(=O)O. The first-order valence-corrected chi connectivity index (χ1v) is 34.3. The fraction of sp³-hybridized carbons (Fsp3) is 0.935. The molecule has 0 bridgehead atoms. The largest absolute Gasteiger partial charge is 0.479 e. The summed E-state index contributed by atoms with van der Waals surface area (Å²) >= 11 is -3.19. The lowest BCUT2D eigenvalue weighted by Crippen LogP contribution is -2.71. The summed E-state index contributed by atoms with van der Waals surface area (Å²) in [7, 11) is -40.3. The van der Waals surface area contributed by atoms with E-state index in [4.69, 9.17) is 51.9 Å². The topological polar surface area (TPSA) is 798 Å². The number of rotatable bonds is 31. The van der Waals surface area contributed by atoms with Gasteiger partial charge in [0.2, 0.25) is 0 Å².